The Bertz CT molecular complexity index is 1310. The molecule has 0 aliphatic heterocycles. The van der Waals surface area contributed by atoms with Crippen LogP contribution >= 0.6 is 0 Å². The highest BCUT2D eigenvalue weighted by molar-refractivity contribution is 6.31. The summed E-state index contributed by atoms with van der Waals surface area (Å²) < 4.78 is 5.28. The first-order valence-electron chi connectivity index (χ1n) is 12.4. The molecule has 0 aromatic heterocycles. The van der Waals surface area contributed by atoms with E-state index in [1.165, 1.54) is 13.2 Å². The van der Waals surface area contributed by atoms with E-state index in [4.69, 9.17) is 10.5 Å². The SMILES string of the molecule is CCC1(N)CC(C)(CNC(=O)C2CCc3c(O)c4c(c(O)c3C2)C(=O)c2cccc(OC)c2C4=O)C1. The van der Waals surface area contributed by atoms with Crippen LogP contribution < -0.4 is 15.8 Å². The summed E-state index contributed by atoms with van der Waals surface area (Å²) in [6, 6.07) is 4.68. The fourth-order valence-corrected chi connectivity index (χ4v) is 6.50. The van der Waals surface area contributed by atoms with E-state index in [0.717, 1.165) is 19.3 Å². The molecular formula is C28H32N2O6. The van der Waals surface area contributed by atoms with Gasteiger partial charge in [0.15, 0.2) is 5.78 Å². The number of nitrogens with two attached hydrogens (primary N) is 1. The number of amides is 1. The van der Waals surface area contributed by atoms with Gasteiger partial charge in [-0.3, -0.25) is 14.4 Å². The number of hydrogen-bond acceptors (Lipinski definition) is 7. The highest BCUT2D eigenvalue weighted by Crippen LogP contribution is 2.49. The van der Waals surface area contributed by atoms with Gasteiger partial charge in [0.05, 0.1) is 23.8 Å². The van der Waals surface area contributed by atoms with Gasteiger partial charge >= 0.3 is 0 Å². The third kappa shape index (κ3) is 3.58. The third-order valence-electron chi connectivity index (χ3n) is 8.35. The van der Waals surface area contributed by atoms with Crippen molar-refractivity contribution in [2.24, 2.45) is 17.1 Å². The zero-order chi connectivity index (χ0) is 26.0. The van der Waals surface area contributed by atoms with Gasteiger partial charge in [0.2, 0.25) is 11.7 Å². The van der Waals surface area contributed by atoms with Gasteiger partial charge in [0.1, 0.15) is 17.2 Å². The van der Waals surface area contributed by atoms with Crippen LogP contribution in [0.4, 0.5) is 0 Å². The van der Waals surface area contributed by atoms with Gasteiger partial charge in [-0.1, -0.05) is 26.0 Å². The number of hydrogen-bond donors (Lipinski definition) is 4. The molecule has 0 spiro atoms. The number of nitrogens with one attached hydrogen (secondary N) is 1. The Morgan fingerprint density at radius 1 is 1.11 bits per heavy atom. The molecule has 2 aromatic carbocycles. The van der Waals surface area contributed by atoms with Crippen molar-refractivity contribution in [1.82, 2.24) is 5.32 Å². The molecule has 3 aliphatic rings. The van der Waals surface area contributed by atoms with E-state index in [0.29, 0.717) is 30.5 Å². The van der Waals surface area contributed by atoms with E-state index in [1.807, 2.05) is 0 Å². The van der Waals surface area contributed by atoms with Gasteiger partial charge in [0.25, 0.3) is 0 Å². The van der Waals surface area contributed by atoms with Crippen LogP contribution in [0.15, 0.2) is 18.2 Å². The zero-order valence-electron chi connectivity index (χ0n) is 20.9. The number of aromatic hydroxyl groups is 2. The molecule has 190 valence electrons. The molecule has 1 unspecified atom stereocenters. The predicted octanol–water partition coefficient (Wildman–Crippen LogP) is 3.01. The second-order valence-electron chi connectivity index (χ2n) is 11.0. The normalized spacial score (nSPS) is 26.4. The molecule has 2 aromatic rings. The number of carbonyl (C=O) groups excluding carboxylic acids is 3. The van der Waals surface area contributed by atoms with Gasteiger partial charge in [-0.05, 0) is 50.0 Å². The number of phenols is 2. The molecule has 1 fully saturated rings. The molecule has 1 atom stereocenters. The summed E-state index contributed by atoms with van der Waals surface area (Å²) in [6.07, 6.45) is 3.55. The van der Waals surface area contributed by atoms with Crippen LogP contribution in [0.2, 0.25) is 0 Å². The molecule has 1 saturated carbocycles. The number of ketones is 2. The molecule has 0 heterocycles. The molecule has 0 radical (unpaired) electrons. The fraction of sp³-hybridized carbons (Fsp3) is 0.464. The number of rotatable bonds is 5. The minimum Gasteiger partial charge on any atom is -0.507 e. The lowest BCUT2D eigenvalue weighted by molar-refractivity contribution is -0.126. The smallest absolute Gasteiger partial charge is 0.223 e. The Morgan fingerprint density at radius 2 is 1.78 bits per heavy atom. The average Bonchev–Trinajstić information content (AvgIpc) is 2.86. The lowest BCUT2D eigenvalue weighted by Crippen LogP contribution is -2.60. The molecule has 0 bridgehead atoms. The fourth-order valence-electron chi connectivity index (χ4n) is 6.50. The maximum absolute atomic E-state index is 13.4. The van der Waals surface area contributed by atoms with Crippen molar-refractivity contribution in [3.05, 3.63) is 51.6 Å². The molecule has 1 amide bonds. The van der Waals surface area contributed by atoms with Gasteiger partial charge in [-0.2, -0.15) is 0 Å². The predicted molar refractivity (Wildman–Crippen MR) is 133 cm³/mol. The van der Waals surface area contributed by atoms with Crippen LogP contribution in [0, 0.1) is 11.3 Å². The van der Waals surface area contributed by atoms with Crippen LogP contribution in [-0.2, 0) is 17.6 Å². The highest BCUT2D eigenvalue weighted by Gasteiger charge is 2.48. The Hall–Kier alpha value is -3.39. The van der Waals surface area contributed by atoms with Crippen LogP contribution in [0.5, 0.6) is 17.2 Å². The van der Waals surface area contributed by atoms with E-state index < -0.39 is 17.5 Å². The minimum absolute atomic E-state index is 0.0340. The van der Waals surface area contributed by atoms with Crippen molar-refractivity contribution in [2.45, 2.75) is 57.9 Å². The quantitative estimate of drug-likeness (QED) is 0.402. The van der Waals surface area contributed by atoms with Crippen LogP contribution in [0.3, 0.4) is 0 Å². The number of fused-ring (bicyclic) bond motifs is 3. The van der Waals surface area contributed by atoms with Gasteiger partial charge < -0.3 is 26.0 Å². The summed E-state index contributed by atoms with van der Waals surface area (Å²) >= 11 is 0. The van der Waals surface area contributed by atoms with Crippen molar-refractivity contribution < 1.29 is 29.3 Å². The topological polar surface area (TPSA) is 139 Å². The van der Waals surface area contributed by atoms with E-state index in [2.05, 4.69) is 19.2 Å². The van der Waals surface area contributed by atoms with Crippen molar-refractivity contribution in [2.75, 3.05) is 13.7 Å². The summed E-state index contributed by atoms with van der Waals surface area (Å²) in [7, 11) is 1.40. The van der Waals surface area contributed by atoms with Gasteiger partial charge in [-0.25, -0.2) is 0 Å². The van der Waals surface area contributed by atoms with E-state index in [-0.39, 0.29) is 62.8 Å². The van der Waals surface area contributed by atoms with E-state index in [9.17, 15) is 24.6 Å². The van der Waals surface area contributed by atoms with Crippen LogP contribution in [0.1, 0.15) is 82.5 Å². The van der Waals surface area contributed by atoms with Crippen molar-refractivity contribution in [3.63, 3.8) is 0 Å². The summed E-state index contributed by atoms with van der Waals surface area (Å²) in [5.41, 5.74) is 6.67. The van der Waals surface area contributed by atoms with Crippen LogP contribution in [0.25, 0.3) is 0 Å². The summed E-state index contributed by atoms with van der Waals surface area (Å²) in [5, 5.41) is 25.3. The third-order valence-corrected chi connectivity index (χ3v) is 8.35. The molecule has 5 N–H and O–H groups in total. The maximum atomic E-state index is 13.4. The number of ether oxygens (including phenoxy) is 1. The highest BCUT2D eigenvalue weighted by atomic mass is 16.5. The first-order chi connectivity index (χ1) is 17.0. The minimum atomic E-state index is -0.565. The largest absolute Gasteiger partial charge is 0.507 e. The number of carbonyl (C=O) groups is 3. The van der Waals surface area contributed by atoms with Gasteiger partial charge in [-0.15, -0.1) is 0 Å². The van der Waals surface area contributed by atoms with Crippen molar-refractivity contribution >= 4 is 17.5 Å². The van der Waals surface area contributed by atoms with Crippen LogP contribution in [-0.4, -0.2) is 46.9 Å². The second kappa shape index (κ2) is 8.34. The molecule has 8 nitrogen and oxygen atoms in total. The maximum Gasteiger partial charge on any atom is 0.223 e. The van der Waals surface area contributed by atoms with E-state index >= 15 is 0 Å². The Balaban J connectivity index is 1.42. The Kier molecular flexibility index (Phi) is 5.63. The molecular weight excluding hydrogens is 460 g/mol. The monoisotopic (exact) mass is 492 g/mol. The summed E-state index contributed by atoms with van der Waals surface area (Å²) in [5.74, 6) is -2.06. The van der Waals surface area contributed by atoms with Crippen molar-refractivity contribution in [3.8, 4) is 17.2 Å². The number of methoxy groups -OCH3 is 1. The second-order valence-corrected chi connectivity index (χ2v) is 11.0. The lowest BCUT2D eigenvalue weighted by Gasteiger charge is -2.52. The number of benzene rings is 2. The molecule has 8 heteroatoms. The summed E-state index contributed by atoms with van der Waals surface area (Å²) in [6.45, 7) is 4.72. The molecule has 36 heavy (non-hydrogen) atoms. The molecule has 3 aliphatic carbocycles. The Labute approximate surface area is 209 Å². The van der Waals surface area contributed by atoms with E-state index in [1.54, 1.807) is 12.1 Å². The lowest BCUT2D eigenvalue weighted by atomic mass is 9.57. The first kappa shape index (κ1) is 24.3. The first-order valence-corrected chi connectivity index (χ1v) is 12.4. The van der Waals surface area contributed by atoms with Gasteiger partial charge in [0, 0.05) is 34.7 Å². The summed E-state index contributed by atoms with van der Waals surface area (Å²) in [4.78, 5) is 39.8. The molecule has 0 saturated heterocycles. The number of phenolic OH excluding ortho intramolecular Hbond substituents is 2. The molecule has 5 rings (SSSR count). The zero-order valence-corrected chi connectivity index (χ0v) is 20.9. The van der Waals surface area contributed by atoms with Crippen molar-refractivity contribution in [1.29, 1.82) is 0 Å². The Morgan fingerprint density at radius 3 is 2.44 bits per heavy atom. The average molecular weight is 493 g/mol. The standard InChI is InChI=1S/C28H32N2O6/c1-4-28(29)11-27(2,12-28)13-30-26(35)14-8-9-15-17(10-14)24(33)20-21(22(15)31)25(34)19-16(23(20)32)6-5-7-18(19)36-3/h5-7,14,31,33H,4,8-13,29H2,1-3H3,(H,30,35).